The van der Waals surface area contributed by atoms with Crippen molar-refractivity contribution in [2.45, 2.75) is 90.6 Å². The molecule has 1 atom stereocenters. The molecule has 1 heterocycles. The summed E-state index contributed by atoms with van der Waals surface area (Å²) in [5.74, 6) is -1.05. The Labute approximate surface area is 198 Å². The van der Waals surface area contributed by atoms with E-state index in [-0.39, 0.29) is 17.5 Å². The van der Waals surface area contributed by atoms with E-state index in [9.17, 15) is 14.4 Å². The molecule has 0 bridgehead atoms. The zero-order valence-corrected chi connectivity index (χ0v) is 20.4. The zero-order chi connectivity index (χ0) is 24.1. The lowest BCUT2D eigenvalue weighted by Crippen LogP contribution is -2.46. The van der Waals surface area contributed by atoms with Gasteiger partial charge in [0.25, 0.3) is 0 Å². The van der Waals surface area contributed by atoms with Gasteiger partial charge < -0.3 is 20.2 Å². The smallest absolute Gasteiger partial charge is 0.335 e. The molecule has 0 saturated carbocycles. The van der Waals surface area contributed by atoms with E-state index in [0.717, 1.165) is 50.5 Å². The topological polar surface area (TPSA) is 90.0 Å². The maximum atomic E-state index is 13.2. The number of benzene rings is 1. The molecule has 1 aliphatic rings. The molecule has 7 nitrogen and oxygen atoms in total. The van der Waals surface area contributed by atoms with Gasteiger partial charge in [0.15, 0.2) is 0 Å². The van der Waals surface area contributed by atoms with Crippen molar-refractivity contribution in [3.8, 4) is 0 Å². The highest BCUT2D eigenvalue weighted by molar-refractivity contribution is 5.90. The Bertz CT molecular complexity index is 750. The van der Waals surface area contributed by atoms with E-state index in [1.807, 2.05) is 0 Å². The van der Waals surface area contributed by atoms with Crippen molar-refractivity contribution < 1.29 is 19.5 Å². The molecule has 0 aromatic heterocycles. The average Bonchev–Trinajstić information content (AvgIpc) is 3.11. The van der Waals surface area contributed by atoms with Crippen LogP contribution in [0.15, 0.2) is 24.3 Å². The molecule has 1 aromatic carbocycles. The predicted molar refractivity (Wildman–Crippen MR) is 130 cm³/mol. The number of carboxylic acid groups (broad SMARTS) is 1. The van der Waals surface area contributed by atoms with Crippen LogP contribution in [0.25, 0.3) is 0 Å². The number of unbranched alkanes of at least 4 members (excludes halogenated alkanes) is 8. The molecule has 184 valence electrons. The molecule has 33 heavy (non-hydrogen) atoms. The molecule has 1 aromatic rings. The normalized spacial score (nSPS) is 15.8. The molecule has 0 unspecified atom stereocenters. The minimum atomic E-state index is -0.973. The second-order valence-electron chi connectivity index (χ2n) is 8.99. The van der Waals surface area contributed by atoms with Gasteiger partial charge in [-0.05, 0) is 30.5 Å². The molecule has 2 N–H and O–H groups in total. The van der Waals surface area contributed by atoms with Gasteiger partial charge in [-0.3, -0.25) is 4.79 Å². The van der Waals surface area contributed by atoms with E-state index in [4.69, 9.17) is 5.11 Å². The van der Waals surface area contributed by atoms with E-state index in [0.29, 0.717) is 26.2 Å². The molecule has 1 aliphatic heterocycles. The Morgan fingerprint density at radius 2 is 1.55 bits per heavy atom. The first-order valence-corrected chi connectivity index (χ1v) is 12.6. The molecule has 3 amide bonds. The first-order chi connectivity index (χ1) is 16.0. The van der Waals surface area contributed by atoms with Gasteiger partial charge in [-0.1, -0.05) is 77.3 Å². The summed E-state index contributed by atoms with van der Waals surface area (Å²) >= 11 is 0. The third kappa shape index (κ3) is 8.71. The van der Waals surface area contributed by atoms with Crippen LogP contribution in [0.5, 0.6) is 0 Å². The number of urea groups is 1. The number of carboxylic acids is 1. The van der Waals surface area contributed by atoms with E-state index in [2.05, 4.69) is 19.2 Å². The largest absolute Gasteiger partial charge is 0.478 e. The van der Waals surface area contributed by atoms with Crippen LogP contribution in [-0.2, 0) is 11.3 Å². The number of rotatable bonds is 16. The Morgan fingerprint density at radius 1 is 0.939 bits per heavy atom. The quantitative estimate of drug-likeness (QED) is 0.339. The third-order valence-corrected chi connectivity index (χ3v) is 6.24. The van der Waals surface area contributed by atoms with Crippen molar-refractivity contribution in [3.05, 3.63) is 35.4 Å². The van der Waals surface area contributed by atoms with Crippen molar-refractivity contribution >= 4 is 17.9 Å². The first kappa shape index (κ1) is 26.7. The molecule has 0 spiro atoms. The second kappa shape index (κ2) is 14.6. The summed E-state index contributed by atoms with van der Waals surface area (Å²) < 4.78 is 0. The molecule has 2 rings (SSSR count). The van der Waals surface area contributed by atoms with E-state index in [1.54, 1.807) is 34.1 Å². The zero-order valence-electron chi connectivity index (χ0n) is 20.4. The third-order valence-electron chi connectivity index (χ3n) is 6.24. The number of aromatic carboxylic acids is 1. The van der Waals surface area contributed by atoms with Crippen LogP contribution in [0.1, 0.15) is 94.0 Å². The molecule has 0 aliphatic carbocycles. The maximum Gasteiger partial charge on any atom is 0.335 e. The average molecular weight is 460 g/mol. The van der Waals surface area contributed by atoms with Gasteiger partial charge in [-0.25, -0.2) is 9.59 Å². The van der Waals surface area contributed by atoms with Gasteiger partial charge >= 0.3 is 12.0 Å². The fourth-order valence-corrected chi connectivity index (χ4v) is 4.23. The van der Waals surface area contributed by atoms with Crippen LogP contribution >= 0.6 is 0 Å². The van der Waals surface area contributed by atoms with Gasteiger partial charge in [0, 0.05) is 19.6 Å². The lowest BCUT2D eigenvalue weighted by molar-refractivity contribution is -0.124. The lowest BCUT2D eigenvalue weighted by Gasteiger charge is -2.22. The van der Waals surface area contributed by atoms with Crippen LogP contribution in [0.3, 0.4) is 0 Å². The SMILES string of the molecule is CCCCCCCCN1C(=O)N(Cc2ccc(C(=O)O)cc2)C[C@H]1C(=O)NCCCCCC. The minimum Gasteiger partial charge on any atom is -0.478 e. The fraction of sp³-hybridized carbons (Fsp3) is 0.654. The Morgan fingerprint density at radius 3 is 2.18 bits per heavy atom. The molecule has 1 fully saturated rings. The van der Waals surface area contributed by atoms with Crippen LogP contribution in [0.2, 0.25) is 0 Å². The highest BCUT2D eigenvalue weighted by atomic mass is 16.4. The van der Waals surface area contributed by atoms with E-state index in [1.165, 1.54) is 19.3 Å². The number of nitrogens with one attached hydrogen (secondary N) is 1. The number of hydrogen-bond donors (Lipinski definition) is 2. The Kier molecular flexibility index (Phi) is 11.8. The Hall–Kier alpha value is -2.57. The molecule has 7 heteroatoms. The fourth-order valence-electron chi connectivity index (χ4n) is 4.23. The monoisotopic (exact) mass is 459 g/mol. The van der Waals surface area contributed by atoms with Gasteiger partial charge in [-0.2, -0.15) is 0 Å². The number of carbonyl (C=O) groups excluding carboxylic acids is 2. The summed E-state index contributed by atoms with van der Waals surface area (Å²) in [6.45, 7) is 6.31. The summed E-state index contributed by atoms with van der Waals surface area (Å²) in [6.07, 6.45) is 11.1. The molecule has 1 saturated heterocycles. The van der Waals surface area contributed by atoms with Gasteiger partial charge in [-0.15, -0.1) is 0 Å². The van der Waals surface area contributed by atoms with E-state index < -0.39 is 12.0 Å². The lowest BCUT2D eigenvalue weighted by atomic mass is 10.1. The summed E-state index contributed by atoms with van der Waals surface area (Å²) in [4.78, 5) is 40.6. The van der Waals surface area contributed by atoms with Crippen molar-refractivity contribution in [2.75, 3.05) is 19.6 Å². The van der Waals surface area contributed by atoms with Crippen molar-refractivity contribution in [2.24, 2.45) is 0 Å². The summed E-state index contributed by atoms with van der Waals surface area (Å²) in [5.41, 5.74) is 1.07. The second-order valence-corrected chi connectivity index (χ2v) is 8.99. The highest BCUT2D eigenvalue weighted by Crippen LogP contribution is 2.21. The number of hydrogen-bond acceptors (Lipinski definition) is 3. The van der Waals surface area contributed by atoms with Crippen LogP contribution in [-0.4, -0.2) is 58.5 Å². The first-order valence-electron chi connectivity index (χ1n) is 12.6. The van der Waals surface area contributed by atoms with Crippen molar-refractivity contribution in [3.63, 3.8) is 0 Å². The summed E-state index contributed by atoms with van der Waals surface area (Å²) in [5, 5.41) is 12.1. The molecular weight excluding hydrogens is 418 g/mol. The van der Waals surface area contributed by atoms with Crippen LogP contribution in [0, 0.1) is 0 Å². The summed E-state index contributed by atoms with van der Waals surface area (Å²) in [7, 11) is 0. The number of amides is 3. The predicted octanol–water partition coefficient (Wildman–Crippen LogP) is 5.05. The number of nitrogens with zero attached hydrogens (tertiary/aromatic N) is 2. The highest BCUT2D eigenvalue weighted by Gasteiger charge is 2.40. The molecule has 0 radical (unpaired) electrons. The van der Waals surface area contributed by atoms with Gasteiger partial charge in [0.2, 0.25) is 5.91 Å². The van der Waals surface area contributed by atoms with E-state index >= 15 is 0 Å². The maximum absolute atomic E-state index is 13.2. The standard InChI is InChI=1S/C26H41N3O4/c1-3-5-7-9-10-12-18-29-23(24(30)27-17-11-8-6-4-2)20-28(26(29)33)19-21-13-15-22(16-14-21)25(31)32/h13-16,23H,3-12,17-20H2,1-2H3,(H,27,30)(H,31,32)/t23-/m0/s1. The van der Waals surface area contributed by atoms with Gasteiger partial charge in [0.1, 0.15) is 6.04 Å². The van der Waals surface area contributed by atoms with Crippen molar-refractivity contribution in [1.29, 1.82) is 0 Å². The van der Waals surface area contributed by atoms with Crippen LogP contribution < -0.4 is 5.32 Å². The van der Waals surface area contributed by atoms with Crippen LogP contribution in [0.4, 0.5) is 4.79 Å². The molecular formula is C26H41N3O4. The minimum absolute atomic E-state index is 0.0745. The van der Waals surface area contributed by atoms with Crippen molar-refractivity contribution in [1.82, 2.24) is 15.1 Å². The Balaban J connectivity index is 1.97. The summed E-state index contributed by atoms with van der Waals surface area (Å²) in [6, 6.07) is 5.97. The van der Waals surface area contributed by atoms with Gasteiger partial charge in [0.05, 0.1) is 12.1 Å². The number of carbonyl (C=O) groups is 3.